The van der Waals surface area contributed by atoms with Crippen LogP contribution in [0.3, 0.4) is 0 Å². The van der Waals surface area contributed by atoms with Gasteiger partial charge >= 0.3 is 5.97 Å². The molecule has 0 radical (unpaired) electrons. The van der Waals surface area contributed by atoms with Gasteiger partial charge in [-0.25, -0.2) is 9.78 Å². The second-order valence-electron chi connectivity index (χ2n) is 10.6. The van der Waals surface area contributed by atoms with Gasteiger partial charge in [0.05, 0.1) is 0 Å². The molecule has 0 aliphatic carbocycles. The monoisotopic (exact) mass is 687 g/mol. The summed E-state index contributed by atoms with van der Waals surface area (Å²) in [5.41, 5.74) is 2.59. The Labute approximate surface area is 284 Å². The van der Waals surface area contributed by atoms with Crippen LogP contribution in [-0.4, -0.2) is 68.1 Å². The van der Waals surface area contributed by atoms with E-state index >= 15 is 0 Å². The number of carbonyl (C=O) groups is 3. The molecule has 1 fully saturated rings. The predicted molar refractivity (Wildman–Crippen MR) is 184 cm³/mol. The number of fused-ring (bicyclic) bond motifs is 1. The zero-order chi connectivity index (χ0) is 33.0. The van der Waals surface area contributed by atoms with E-state index in [2.05, 4.69) is 52.2 Å². The quantitative estimate of drug-likeness (QED) is 0.0604. The number of alkyl halides is 1. The number of carbonyl (C=O) groups excluding carboxylic acids is 2. The number of halogens is 1. The zero-order valence-corrected chi connectivity index (χ0v) is 27.5. The van der Waals surface area contributed by atoms with Crippen molar-refractivity contribution in [3.63, 3.8) is 0 Å². The average Bonchev–Trinajstić information content (AvgIpc) is 3.57. The fourth-order valence-corrected chi connectivity index (χ4v) is 8.14. The second kappa shape index (κ2) is 14.0. The summed E-state index contributed by atoms with van der Waals surface area (Å²) in [6.45, 7) is 1.94. The van der Waals surface area contributed by atoms with E-state index in [-0.39, 0.29) is 29.6 Å². The first-order chi connectivity index (χ1) is 22.9. The topological polar surface area (TPSA) is 133 Å². The number of oxime groups is 1. The maximum Gasteiger partial charge on any atom is 0.352 e. The summed E-state index contributed by atoms with van der Waals surface area (Å²) >= 11 is 8.59. The van der Waals surface area contributed by atoms with Crippen molar-refractivity contribution in [2.24, 2.45) is 5.16 Å². The Morgan fingerprint density at radius 3 is 2.11 bits per heavy atom. The van der Waals surface area contributed by atoms with Crippen molar-refractivity contribution in [1.29, 1.82) is 0 Å². The zero-order valence-electron chi connectivity index (χ0n) is 25.1. The van der Waals surface area contributed by atoms with Gasteiger partial charge in [0.15, 0.2) is 10.8 Å². The number of thiazole rings is 1. The number of carboxylic acids is 1. The third-order valence-corrected chi connectivity index (χ3v) is 10.3. The van der Waals surface area contributed by atoms with Crippen LogP contribution < -0.4 is 10.6 Å². The fourth-order valence-electron chi connectivity index (χ4n) is 5.71. The van der Waals surface area contributed by atoms with Gasteiger partial charge in [0.25, 0.3) is 11.8 Å². The molecule has 3 N–H and O–H groups in total. The maximum atomic E-state index is 13.7. The third kappa shape index (κ3) is 6.11. The summed E-state index contributed by atoms with van der Waals surface area (Å²) in [5, 5.41) is 21.9. The summed E-state index contributed by atoms with van der Waals surface area (Å²) in [6, 6.07) is 29.2. The van der Waals surface area contributed by atoms with E-state index in [1.807, 2.05) is 54.6 Å². The van der Waals surface area contributed by atoms with Gasteiger partial charge in [-0.1, -0.05) is 96.2 Å². The normalized spacial score (nSPS) is 17.9. The highest BCUT2D eigenvalue weighted by atomic mass is 35.5. The molecule has 3 heterocycles. The van der Waals surface area contributed by atoms with Crippen LogP contribution in [0.2, 0.25) is 0 Å². The molecule has 10 nitrogen and oxygen atoms in total. The molecule has 0 spiro atoms. The first-order valence-corrected chi connectivity index (χ1v) is 17.2. The Morgan fingerprint density at radius 1 is 1.02 bits per heavy atom. The number of thioether (sulfide) groups is 1. The Morgan fingerprint density at radius 2 is 1.60 bits per heavy atom. The summed E-state index contributed by atoms with van der Waals surface area (Å²) < 4.78 is 0. The molecule has 4 aromatic rings. The van der Waals surface area contributed by atoms with E-state index in [0.29, 0.717) is 16.5 Å². The molecule has 3 aromatic carbocycles. The molecule has 240 valence electrons. The second-order valence-corrected chi connectivity index (χ2v) is 12.9. The van der Waals surface area contributed by atoms with Gasteiger partial charge in [0, 0.05) is 17.0 Å². The number of aromatic nitrogens is 1. The van der Waals surface area contributed by atoms with E-state index < -0.39 is 34.7 Å². The number of rotatable bonds is 12. The molecule has 2 amide bonds. The minimum absolute atomic E-state index is 0.00633. The van der Waals surface area contributed by atoms with E-state index in [4.69, 9.17) is 21.4 Å². The number of anilines is 1. The highest BCUT2D eigenvalue weighted by Gasteiger charge is 2.54. The fraction of sp³-hybridized carbons (Fsp3) is 0.206. The number of benzene rings is 3. The van der Waals surface area contributed by atoms with Crippen molar-refractivity contribution >= 4 is 63.3 Å². The first-order valence-electron chi connectivity index (χ1n) is 14.8. The van der Waals surface area contributed by atoms with Crippen molar-refractivity contribution in [2.75, 3.05) is 23.6 Å². The first kappa shape index (κ1) is 32.3. The lowest BCUT2D eigenvalue weighted by Gasteiger charge is -2.49. The summed E-state index contributed by atoms with van der Waals surface area (Å²) in [4.78, 5) is 50.0. The van der Waals surface area contributed by atoms with Crippen molar-refractivity contribution in [1.82, 2.24) is 15.2 Å². The van der Waals surface area contributed by atoms with Crippen molar-refractivity contribution < 1.29 is 24.3 Å². The smallest absolute Gasteiger partial charge is 0.352 e. The number of aliphatic carboxylic acids is 1. The van der Waals surface area contributed by atoms with Gasteiger partial charge < -0.3 is 20.6 Å². The largest absolute Gasteiger partial charge is 0.477 e. The van der Waals surface area contributed by atoms with E-state index in [9.17, 15) is 19.5 Å². The minimum Gasteiger partial charge on any atom is -0.477 e. The molecule has 0 saturated carbocycles. The van der Waals surface area contributed by atoms with Gasteiger partial charge in [-0.2, -0.15) is 0 Å². The lowest BCUT2D eigenvalue weighted by molar-refractivity contribution is -0.150. The van der Waals surface area contributed by atoms with Crippen LogP contribution in [0.4, 0.5) is 5.13 Å². The van der Waals surface area contributed by atoms with E-state index in [1.54, 1.807) is 12.3 Å². The Kier molecular flexibility index (Phi) is 9.62. The standard InChI is InChI=1S/C34H30ClN5O5S2/c1-2-45-39-26(29(41)37-27-30(42)40-28(32(43)44)21(18-35)19-46-31(27)40)25-20-47-33(36-25)38-34(22-12-6-3-7-13-22,23-14-8-4-9-15-23)24-16-10-5-11-17-24/h3-17,20,27,31H,2,18-19H2,1H3,(H,36,38)(H,37,41)(H,43,44)/b39-26-/t27-,31-/m1/s1. The Bertz CT molecular complexity index is 1740. The highest BCUT2D eigenvalue weighted by molar-refractivity contribution is 8.00. The number of amides is 2. The molecule has 2 atom stereocenters. The minimum atomic E-state index is -1.23. The molecule has 13 heteroatoms. The van der Waals surface area contributed by atoms with Crippen molar-refractivity contribution in [3.05, 3.63) is 130 Å². The number of nitrogens with one attached hydrogen (secondary N) is 2. The maximum absolute atomic E-state index is 13.7. The van der Waals surface area contributed by atoms with Crippen molar-refractivity contribution in [2.45, 2.75) is 23.9 Å². The van der Waals surface area contributed by atoms with E-state index in [1.165, 1.54) is 28.0 Å². The summed E-state index contributed by atoms with van der Waals surface area (Å²) in [7, 11) is 0. The van der Waals surface area contributed by atoms with Crippen LogP contribution in [0.1, 0.15) is 29.3 Å². The molecule has 2 aliphatic heterocycles. The van der Waals surface area contributed by atoms with Gasteiger partial charge in [0.1, 0.15) is 35.0 Å². The van der Waals surface area contributed by atoms with Crippen LogP contribution in [-0.2, 0) is 24.8 Å². The molecule has 1 aromatic heterocycles. The summed E-state index contributed by atoms with van der Waals surface area (Å²) in [6.07, 6.45) is 0. The molecule has 47 heavy (non-hydrogen) atoms. The third-order valence-electron chi connectivity index (χ3n) is 7.86. The number of hydrogen-bond donors (Lipinski definition) is 3. The average molecular weight is 688 g/mol. The molecule has 2 aliphatic rings. The molecule has 0 unspecified atom stereocenters. The molecule has 1 saturated heterocycles. The van der Waals surface area contributed by atoms with Crippen LogP contribution in [0.15, 0.2) is 113 Å². The van der Waals surface area contributed by atoms with E-state index in [0.717, 1.165) is 16.7 Å². The Hall–Kier alpha value is -4.65. The van der Waals surface area contributed by atoms with Crippen LogP contribution in [0, 0.1) is 0 Å². The van der Waals surface area contributed by atoms with Gasteiger partial charge in [-0.05, 0) is 29.2 Å². The lowest BCUT2D eigenvalue weighted by atomic mass is 9.77. The lowest BCUT2D eigenvalue weighted by Crippen LogP contribution is -2.71. The molecule has 6 rings (SSSR count). The van der Waals surface area contributed by atoms with Crippen molar-refractivity contribution in [3.8, 4) is 0 Å². The van der Waals surface area contributed by atoms with Crippen LogP contribution >= 0.6 is 34.7 Å². The number of β-lactam (4-membered cyclic amide) rings is 1. The molecular formula is C34H30ClN5O5S2. The molecule has 0 bridgehead atoms. The van der Waals surface area contributed by atoms with Gasteiger partial charge in [0.2, 0.25) is 0 Å². The van der Waals surface area contributed by atoms with Gasteiger partial charge in [-0.3, -0.25) is 14.5 Å². The number of nitrogens with zero attached hydrogens (tertiary/aromatic N) is 3. The van der Waals surface area contributed by atoms with Crippen LogP contribution in [0.25, 0.3) is 0 Å². The van der Waals surface area contributed by atoms with Crippen LogP contribution in [0.5, 0.6) is 0 Å². The molecular weight excluding hydrogens is 658 g/mol. The number of carboxylic acid groups (broad SMARTS) is 1. The predicted octanol–water partition coefficient (Wildman–Crippen LogP) is 5.27. The SMILES string of the molecule is CCO/N=C(\C(=O)N[C@@H]1C(=O)N2C(C(=O)O)=C(CCl)CS[C@H]12)c1csc(NC(c2ccccc2)(c2ccccc2)c2ccccc2)n1. The highest BCUT2D eigenvalue weighted by Crippen LogP contribution is 2.42. The summed E-state index contributed by atoms with van der Waals surface area (Å²) in [5.74, 6) is -2.11. The Balaban J connectivity index is 1.31. The number of hydrogen-bond acceptors (Lipinski definition) is 9. The van der Waals surface area contributed by atoms with Gasteiger partial charge in [-0.15, -0.1) is 34.7 Å².